The quantitative estimate of drug-likeness (QED) is 0.683. The van der Waals surface area contributed by atoms with Gasteiger partial charge in [0.2, 0.25) is 0 Å². The second-order valence-electron chi connectivity index (χ2n) is 5.00. The van der Waals surface area contributed by atoms with Crippen LogP contribution in [0.1, 0.15) is 40.0 Å². The second kappa shape index (κ2) is 4.82. The molecule has 0 aromatic carbocycles. The Morgan fingerprint density at radius 3 is 2.57 bits per heavy atom. The fourth-order valence-corrected chi connectivity index (χ4v) is 1.61. The van der Waals surface area contributed by atoms with Crippen LogP contribution < -0.4 is 5.73 Å². The summed E-state index contributed by atoms with van der Waals surface area (Å²) >= 11 is 0. The van der Waals surface area contributed by atoms with Crippen LogP contribution in [-0.4, -0.2) is 18.8 Å². The van der Waals surface area contributed by atoms with E-state index in [1.165, 1.54) is 6.42 Å². The van der Waals surface area contributed by atoms with E-state index in [4.69, 9.17) is 10.5 Å². The van der Waals surface area contributed by atoms with Crippen LogP contribution in [0.15, 0.2) is 0 Å². The summed E-state index contributed by atoms with van der Waals surface area (Å²) in [4.78, 5) is 0. The zero-order valence-electron chi connectivity index (χ0n) is 9.47. The largest absolute Gasteiger partial charge is 0.364 e. The van der Waals surface area contributed by atoms with Gasteiger partial charge in [-0.15, -0.1) is 0 Å². The highest BCUT2D eigenvalue weighted by molar-refractivity contribution is 5.07. The molecule has 1 saturated carbocycles. The zero-order valence-corrected chi connectivity index (χ0v) is 9.47. The van der Waals surface area contributed by atoms with E-state index in [0.29, 0.717) is 6.61 Å². The van der Waals surface area contributed by atoms with Gasteiger partial charge < -0.3 is 10.5 Å². The van der Waals surface area contributed by atoms with Gasteiger partial charge in [0, 0.05) is 11.5 Å². The Morgan fingerprint density at radius 2 is 2.07 bits per heavy atom. The van der Waals surface area contributed by atoms with Crippen LogP contribution in [0.2, 0.25) is 0 Å². The van der Waals surface area contributed by atoms with Crippen molar-refractivity contribution in [1.82, 2.24) is 0 Å². The molecule has 0 spiro atoms. The zero-order chi connectivity index (χ0) is 10.6. The fourth-order valence-electron chi connectivity index (χ4n) is 1.61. The highest BCUT2D eigenvalue weighted by Crippen LogP contribution is 2.19. The average molecular weight is 195 g/mol. The molecule has 0 bridgehead atoms. The van der Waals surface area contributed by atoms with Gasteiger partial charge in [-0.2, -0.15) is 0 Å². The highest BCUT2D eigenvalue weighted by Gasteiger charge is 2.23. The van der Waals surface area contributed by atoms with E-state index in [1.54, 1.807) is 0 Å². The van der Waals surface area contributed by atoms with Gasteiger partial charge in [0.25, 0.3) is 0 Å². The maximum absolute atomic E-state index is 5.87. The molecule has 1 rings (SSSR count). The lowest BCUT2D eigenvalue weighted by molar-refractivity contribution is 0.0719. The topological polar surface area (TPSA) is 35.2 Å². The molecule has 2 nitrogen and oxygen atoms in total. The molecule has 2 unspecified atom stereocenters. The molecule has 0 aliphatic heterocycles. The summed E-state index contributed by atoms with van der Waals surface area (Å²) in [6, 6.07) is 0.228. The van der Waals surface area contributed by atoms with Crippen LogP contribution in [0.3, 0.4) is 0 Å². The van der Waals surface area contributed by atoms with E-state index < -0.39 is 0 Å². The first-order chi connectivity index (χ1) is 6.49. The van der Waals surface area contributed by atoms with Crippen molar-refractivity contribution in [2.24, 2.45) is 11.1 Å². The Morgan fingerprint density at radius 1 is 1.36 bits per heavy atom. The third kappa shape index (κ3) is 4.13. The molecule has 2 N–H and O–H groups in total. The Bertz CT molecular complexity index is 231. The maximum atomic E-state index is 5.87. The van der Waals surface area contributed by atoms with E-state index in [1.807, 2.05) is 0 Å². The first-order valence-electron chi connectivity index (χ1n) is 5.36. The van der Waals surface area contributed by atoms with Gasteiger partial charge in [-0.25, -0.2) is 0 Å². The molecule has 80 valence electrons. The molecule has 1 aliphatic carbocycles. The van der Waals surface area contributed by atoms with Gasteiger partial charge in [-0.1, -0.05) is 11.8 Å². The molecule has 0 amide bonds. The van der Waals surface area contributed by atoms with Crippen LogP contribution in [0, 0.1) is 17.3 Å². The Kier molecular flexibility index (Phi) is 3.97. The lowest BCUT2D eigenvalue weighted by atomic mass is 9.98. The van der Waals surface area contributed by atoms with Crippen molar-refractivity contribution >= 4 is 0 Å². The number of hydrogen-bond acceptors (Lipinski definition) is 2. The SMILES string of the molecule is CC(C)(C)C#CCOC1CCCC1N. The summed E-state index contributed by atoms with van der Waals surface area (Å²) in [7, 11) is 0. The van der Waals surface area contributed by atoms with E-state index in [0.717, 1.165) is 12.8 Å². The lowest BCUT2D eigenvalue weighted by Crippen LogP contribution is -2.31. The smallest absolute Gasteiger partial charge is 0.108 e. The molecule has 0 radical (unpaired) electrons. The summed E-state index contributed by atoms with van der Waals surface area (Å²) in [5.74, 6) is 6.19. The minimum atomic E-state index is 0.0706. The van der Waals surface area contributed by atoms with Gasteiger partial charge >= 0.3 is 0 Å². The van der Waals surface area contributed by atoms with Crippen molar-refractivity contribution < 1.29 is 4.74 Å². The van der Waals surface area contributed by atoms with Crippen molar-refractivity contribution in [2.45, 2.75) is 52.2 Å². The van der Waals surface area contributed by atoms with Crippen LogP contribution in [0.5, 0.6) is 0 Å². The van der Waals surface area contributed by atoms with Crippen molar-refractivity contribution in [3.8, 4) is 11.8 Å². The normalized spacial score (nSPS) is 27.1. The Balaban J connectivity index is 2.23. The minimum absolute atomic E-state index is 0.0706. The summed E-state index contributed by atoms with van der Waals surface area (Å²) in [5.41, 5.74) is 5.94. The van der Waals surface area contributed by atoms with E-state index in [9.17, 15) is 0 Å². The summed E-state index contributed by atoms with van der Waals surface area (Å²) in [5, 5.41) is 0. The minimum Gasteiger partial charge on any atom is -0.364 e. The van der Waals surface area contributed by atoms with E-state index in [-0.39, 0.29) is 17.6 Å². The third-order valence-electron chi connectivity index (χ3n) is 2.34. The van der Waals surface area contributed by atoms with Gasteiger partial charge in [0.05, 0.1) is 6.10 Å². The molecule has 0 aromatic rings. The van der Waals surface area contributed by atoms with Gasteiger partial charge in [-0.05, 0) is 40.0 Å². The molecule has 0 aromatic heterocycles. The van der Waals surface area contributed by atoms with Crippen LogP contribution >= 0.6 is 0 Å². The standard InChI is InChI=1S/C12H21NO/c1-12(2,3)8-5-9-14-11-7-4-6-10(11)13/h10-11H,4,6-7,9,13H2,1-3H3. The third-order valence-corrected chi connectivity index (χ3v) is 2.34. The lowest BCUT2D eigenvalue weighted by Gasteiger charge is -2.14. The summed E-state index contributed by atoms with van der Waals surface area (Å²) in [6.07, 6.45) is 3.62. The van der Waals surface area contributed by atoms with Gasteiger partial charge in [0.15, 0.2) is 0 Å². The number of nitrogens with two attached hydrogens (primary N) is 1. The summed E-state index contributed by atoms with van der Waals surface area (Å²) < 4.78 is 5.61. The van der Waals surface area contributed by atoms with E-state index >= 15 is 0 Å². The maximum Gasteiger partial charge on any atom is 0.108 e. The predicted molar refractivity (Wildman–Crippen MR) is 58.8 cm³/mol. The molecule has 2 atom stereocenters. The van der Waals surface area contributed by atoms with Gasteiger partial charge in [0.1, 0.15) is 6.61 Å². The van der Waals surface area contributed by atoms with Crippen molar-refractivity contribution in [1.29, 1.82) is 0 Å². The van der Waals surface area contributed by atoms with Crippen LogP contribution in [-0.2, 0) is 4.74 Å². The molecule has 14 heavy (non-hydrogen) atoms. The molecule has 0 heterocycles. The van der Waals surface area contributed by atoms with E-state index in [2.05, 4.69) is 32.6 Å². The Labute approximate surface area is 87.2 Å². The van der Waals surface area contributed by atoms with Crippen molar-refractivity contribution in [3.63, 3.8) is 0 Å². The molecule has 1 fully saturated rings. The number of ether oxygens (including phenoxy) is 1. The highest BCUT2D eigenvalue weighted by atomic mass is 16.5. The number of hydrogen-bond donors (Lipinski definition) is 1. The molecule has 2 heteroatoms. The average Bonchev–Trinajstić information content (AvgIpc) is 2.44. The van der Waals surface area contributed by atoms with Crippen LogP contribution in [0.25, 0.3) is 0 Å². The van der Waals surface area contributed by atoms with Crippen LogP contribution in [0.4, 0.5) is 0 Å². The second-order valence-corrected chi connectivity index (χ2v) is 5.00. The Hall–Kier alpha value is -0.520. The molecule has 0 saturated heterocycles. The monoisotopic (exact) mass is 195 g/mol. The summed E-state index contributed by atoms with van der Waals surface area (Å²) in [6.45, 7) is 6.82. The first-order valence-corrected chi connectivity index (χ1v) is 5.36. The molecular weight excluding hydrogens is 174 g/mol. The fraction of sp³-hybridized carbons (Fsp3) is 0.833. The molecule has 1 aliphatic rings. The van der Waals surface area contributed by atoms with Gasteiger partial charge in [-0.3, -0.25) is 0 Å². The van der Waals surface area contributed by atoms with Crippen molar-refractivity contribution in [2.75, 3.05) is 6.61 Å². The number of rotatable bonds is 2. The van der Waals surface area contributed by atoms with Crippen molar-refractivity contribution in [3.05, 3.63) is 0 Å². The first kappa shape index (κ1) is 11.6. The predicted octanol–water partition coefficient (Wildman–Crippen LogP) is 1.93. The molecular formula is C12H21NO.